The third-order valence-corrected chi connectivity index (χ3v) is 3.55. The number of fused-ring (bicyclic) bond motifs is 3. The lowest BCUT2D eigenvalue weighted by molar-refractivity contribution is 0.0597. The second kappa shape index (κ2) is 4.70. The number of rotatable bonds is 1. The fourth-order valence-electron chi connectivity index (χ4n) is 2.63. The first-order chi connectivity index (χ1) is 10.1. The summed E-state index contributed by atoms with van der Waals surface area (Å²) in [6, 6.07) is 8.98. The summed E-state index contributed by atoms with van der Waals surface area (Å²) in [6.45, 7) is 3.59. The van der Waals surface area contributed by atoms with Crippen molar-refractivity contribution in [3.8, 4) is 0 Å². The van der Waals surface area contributed by atoms with E-state index in [1.165, 1.54) is 0 Å². The zero-order valence-corrected chi connectivity index (χ0v) is 11.7. The molecule has 106 valence electrons. The van der Waals surface area contributed by atoms with Crippen molar-refractivity contribution in [3.05, 3.63) is 47.0 Å². The van der Waals surface area contributed by atoms with Gasteiger partial charge in [-0.3, -0.25) is 9.59 Å². The Morgan fingerprint density at radius 1 is 1.14 bits per heavy atom. The van der Waals surface area contributed by atoms with Crippen LogP contribution in [0.25, 0.3) is 10.8 Å². The van der Waals surface area contributed by atoms with Crippen molar-refractivity contribution in [2.45, 2.75) is 13.8 Å². The zero-order chi connectivity index (χ0) is 15.1. The molecule has 0 spiro atoms. The van der Waals surface area contributed by atoms with Crippen LogP contribution in [-0.2, 0) is 4.74 Å². The van der Waals surface area contributed by atoms with Gasteiger partial charge < -0.3 is 4.74 Å². The third kappa shape index (κ3) is 1.81. The minimum absolute atomic E-state index is 0.103. The third-order valence-electron chi connectivity index (χ3n) is 3.55. The summed E-state index contributed by atoms with van der Waals surface area (Å²) in [6.07, 6.45) is -0.926. The van der Waals surface area contributed by atoms with Crippen LogP contribution < -0.4 is 0 Å². The maximum Gasteiger partial charge on any atom is 0.424 e. The molecule has 0 atom stereocenters. The highest BCUT2D eigenvalue weighted by molar-refractivity contribution is 6.32. The highest BCUT2D eigenvalue weighted by Crippen LogP contribution is 2.32. The minimum Gasteiger partial charge on any atom is -0.449 e. The molecule has 21 heavy (non-hydrogen) atoms. The van der Waals surface area contributed by atoms with Crippen LogP contribution in [0.5, 0.6) is 0 Å². The van der Waals surface area contributed by atoms with Crippen LogP contribution >= 0.6 is 0 Å². The number of ether oxygens (including phenoxy) is 1. The standard InChI is InChI=1S/C16H13NO4/c1-3-21-16(20)17-14(18)12-8-9(2)10-6-4-5-7-11(10)13(12)15(17)19/h4-8H,3H2,1-2H3. The van der Waals surface area contributed by atoms with Gasteiger partial charge in [-0.2, -0.15) is 4.90 Å². The number of carbonyl (C=O) groups excluding carboxylic acids is 3. The molecule has 2 aromatic carbocycles. The molecular weight excluding hydrogens is 270 g/mol. The Balaban J connectivity index is 2.24. The predicted molar refractivity (Wildman–Crippen MR) is 76.2 cm³/mol. The van der Waals surface area contributed by atoms with Crippen LogP contribution in [0.2, 0.25) is 0 Å². The Morgan fingerprint density at radius 2 is 1.81 bits per heavy atom. The summed E-state index contributed by atoms with van der Waals surface area (Å²) in [5.74, 6) is -1.24. The largest absolute Gasteiger partial charge is 0.449 e. The summed E-state index contributed by atoms with van der Waals surface area (Å²) < 4.78 is 4.79. The molecule has 0 N–H and O–H groups in total. The lowest BCUT2D eigenvalue weighted by atomic mass is 9.96. The van der Waals surface area contributed by atoms with E-state index in [1.807, 2.05) is 19.1 Å². The van der Waals surface area contributed by atoms with Crippen LogP contribution in [0.3, 0.4) is 0 Å². The highest BCUT2D eigenvalue weighted by atomic mass is 16.6. The van der Waals surface area contributed by atoms with Gasteiger partial charge in [0.15, 0.2) is 0 Å². The van der Waals surface area contributed by atoms with Gasteiger partial charge in [-0.1, -0.05) is 24.3 Å². The molecule has 0 saturated heterocycles. The lowest BCUT2D eigenvalue weighted by Crippen LogP contribution is -2.36. The number of amides is 3. The molecule has 3 amide bonds. The van der Waals surface area contributed by atoms with Crippen LogP contribution in [0.15, 0.2) is 30.3 Å². The van der Waals surface area contributed by atoms with E-state index in [1.54, 1.807) is 25.1 Å². The maximum atomic E-state index is 12.5. The van der Waals surface area contributed by atoms with E-state index >= 15 is 0 Å². The SMILES string of the molecule is CCOC(=O)N1C(=O)c2cc(C)c3ccccc3c2C1=O. The molecule has 3 rings (SSSR count). The summed E-state index contributed by atoms with van der Waals surface area (Å²) in [7, 11) is 0. The highest BCUT2D eigenvalue weighted by Gasteiger charge is 2.42. The van der Waals surface area contributed by atoms with E-state index in [4.69, 9.17) is 4.74 Å². The van der Waals surface area contributed by atoms with Crippen LogP contribution in [0, 0.1) is 6.92 Å². The Labute approximate surface area is 121 Å². The van der Waals surface area contributed by atoms with Gasteiger partial charge in [0.05, 0.1) is 17.7 Å². The van der Waals surface area contributed by atoms with Gasteiger partial charge in [-0.15, -0.1) is 0 Å². The van der Waals surface area contributed by atoms with Crippen molar-refractivity contribution < 1.29 is 19.1 Å². The number of imide groups is 3. The molecule has 1 aliphatic heterocycles. The second-order valence-corrected chi connectivity index (χ2v) is 4.81. The average Bonchev–Trinajstić information content (AvgIpc) is 2.71. The van der Waals surface area contributed by atoms with E-state index in [0.717, 1.165) is 10.9 Å². The predicted octanol–water partition coefficient (Wildman–Crippen LogP) is 2.90. The quantitative estimate of drug-likeness (QED) is 0.755. The van der Waals surface area contributed by atoms with Crippen molar-refractivity contribution >= 4 is 28.7 Å². The molecule has 0 aliphatic carbocycles. The topological polar surface area (TPSA) is 63.7 Å². The monoisotopic (exact) mass is 283 g/mol. The molecule has 0 bridgehead atoms. The number of nitrogens with zero attached hydrogens (tertiary/aromatic N) is 1. The van der Waals surface area contributed by atoms with Crippen molar-refractivity contribution in [1.82, 2.24) is 4.90 Å². The average molecular weight is 283 g/mol. The number of aryl methyl sites for hydroxylation is 1. The number of benzene rings is 2. The van der Waals surface area contributed by atoms with Gasteiger partial charge in [0.25, 0.3) is 11.8 Å². The first-order valence-electron chi connectivity index (χ1n) is 6.64. The van der Waals surface area contributed by atoms with Crippen molar-refractivity contribution in [2.75, 3.05) is 6.61 Å². The normalized spacial score (nSPS) is 13.7. The van der Waals surface area contributed by atoms with E-state index in [9.17, 15) is 14.4 Å². The van der Waals surface area contributed by atoms with Crippen LogP contribution in [0.1, 0.15) is 33.2 Å². The summed E-state index contributed by atoms with van der Waals surface area (Å²) in [4.78, 5) is 37.2. The van der Waals surface area contributed by atoms with Gasteiger partial charge in [0.2, 0.25) is 0 Å². The number of hydrogen-bond donors (Lipinski definition) is 0. The maximum absolute atomic E-state index is 12.5. The van der Waals surface area contributed by atoms with Crippen LogP contribution in [-0.4, -0.2) is 29.4 Å². The molecule has 1 heterocycles. The Kier molecular flexibility index (Phi) is 2.97. The molecule has 0 radical (unpaired) electrons. The fraction of sp³-hybridized carbons (Fsp3) is 0.188. The molecular formula is C16H13NO4. The molecule has 0 fully saturated rings. The van der Waals surface area contributed by atoms with Crippen molar-refractivity contribution in [1.29, 1.82) is 0 Å². The summed E-state index contributed by atoms with van der Waals surface area (Å²) in [5.41, 5.74) is 1.41. The van der Waals surface area contributed by atoms with E-state index in [2.05, 4.69) is 0 Å². The molecule has 0 aromatic heterocycles. The first-order valence-corrected chi connectivity index (χ1v) is 6.64. The number of hydrogen-bond acceptors (Lipinski definition) is 4. The van der Waals surface area contributed by atoms with Crippen molar-refractivity contribution in [2.24, 2.45) is 0 Å². The molecule has 0 unspecified atom stereocenters. The smallest absolute Gasteiger partial charge is 0.424 e. The molecule has 5 nitrogen and oxygen atoms in total. The van der Waals surface area contributed by atoms with E-state index in [0.29, 0.717) is 10.3 Å². The number of carbonyl (C=O) groups is 3. The van der Waals surface area contributed by atoms with Crippen molar-refractivity contribution in [3.63, 3.8) is 0 Å². The second-order valence-electron chi connectivity index (χ2n) is 4.81. The lowest BCUT2D eigenvalue weighted by Gasteiger charge is -2.10. The van der Waals surface area contributed by atoms with Crippen LogP contribution in [0.4, 0.5) is 4.79 Å². The zero-order valence-electron chi connectivity index (χ0n) is 11.7. The van der Waals surface area contributed by atoms with E-state index in [-0.39, 0.29) is 17.7 Å². The van der Waals surface area contributed by atoms with Gasteiger partial charge >= 0.3 is 6.09 Å². The Bertz CT molecular complexity index is 794. The fourth-order valence-corrected chi connectivity index (χ4v) is 2.63. The minimum atomic E-state index is -0.926. The summed E-state index contributed by atoms with van der Waals surface area (Å²) >= 11 is 0. The molecule has 1 aliphatic rings. The van der Waals surface area contributed by atoms with Gasteiger partial charge in [0, 0.05) is 0 Å². The van der Waals surface area contributed by atoms with E-state index < -0.39 is 17.9 Å². The molecule has 2 aromatic rings. The Hall–Kier alpha value is -2.69. The Morgan fingerprint density at radius 3 is 2.48 bits per heavy atom. The summed E-state index contributed by atoms with van der Waals surface area (Å²) in [5, 5.41) is 1.57. The molecule has 0 saturated carbocycles. The van der Waals surface area contributed by atoms with Gasteiger partial charge in [0.1, 0.15) is 0 Å². The first kappa shape index (κ1) is 13.3. The van der Waals surface area contributed by atoms with Gasteiger partial charge in [-0.05, 0) is 36.2 Å². The molecule has 5 heteroatoms. The van der Waals surface area contributed by atoms with Gasteiger partial charge in [-0.25, -0.2) is 4.79 Å².